The number of nitrogens with one attached hydrogen (secondary N) is 1. The van der Waals surface area contributed by atoms with E-state index in [1.165, 1.54) is 0 Å². The highest BCUT2D eigenvalue weighted by Crippen LogP contribution is 2.24. The molecule has 1 aromatic rings. The number of piperidine rings is 1. The molecule has 1 N–H and O–H groups in total. The highest BCUT2D eigenvalue weighted by Gasteiger charge is 2.33. The third kappa shape index (κ3) is 7.56. The van der Waals surface area contributed by atoms with Crippen LogP contribution in [0.3, 0.4) is 0 Å². The maximum atomic E-state index is 12.1. The Morgan fingerprint density at radius 3 is 2.45 bits per heavy atom. The van der Waals surface area contributed by atoms with Crippen molar-refractivity contribution in [3.8, 4) is 0 Å². The Morgan fingerprint density at radius 2 is 1.86 bits per heavy atom. The predicted octanol–water partition coefficient (Wildman–Crippen LogP) is 3.65. The third-order valence-corrected chi connectivity index (χ3v) is 4.85. The van der Waals surface area contributed by atoms with Gasteiger partial charge in [-0.2, -0.15) is 13.2 Å². The van der Waals surface area contributed by atoms with E-state index in [2.05, 4.69) is 26.0 Å². The Labute approximate surface area is 173 Å². The number of rotatable bonds is 5. The molecule has 2 rings (SSSR count). The van der Waals surface area contributed by atoms with E-state index in [0.29, 0.717) is 10.2 Å². The molecule has 0 bridgehead atoms. The number of nitrogens with zero attached hydrogens (tertiary/aromatic N) is 1. The molecule has 2 amide bonds. The molecule has 0 atom stereocenters. The Kier molecular flexibility index (Phi) is 7.88. The molecule has 0 spiro atoms. The molecule has 0 aliphatic carbocycles. The average molecular weight is 481 g/mol. The summed E-state index contributed by atoms with van der Waals surface area (Å²) in [5, 5.41) is 2.62. The summed E-state index contributed by atoms with van der Waals surface area (Å²) in [6.07, 6.45) is -5.24. The predicted molar refractivity (Wildman–Crippen MR) is 100 cm³/mol. The van der Waals surface area contributed by atoms with Crippen LogP contribution in [-0.2, 0) is 19.1 Å². The van der Waals surface area contributed by atoms with E-state index < -0.39 is 43.3 Å². The number of ether oxygens (including phenoxy) is 2. The first-order valence-electron chi connectivity index (χ1n) is 8.76. The molecular weight excluding hydrogens is 461 g/mol. The van der Waals surface area contributed by atoms with Crippen molar-refractivity contribution in [2.24, 2.45) is 5.92 Å². The van der Waals surface area contributed by atoms with Gasteiger partial charge in [-0.05, 0) is 53.4 Å². The van der Waals surface area contributed by atoms with E-state index in [-0.39, 0.29) is 25.9 Å². The summed E-state index contributed by atoms with van der Waals surface area (Å²) in [5.74, 6) is -1.64. The van der Waals surface area contributed by atoms with Gasteiger partial charge in [0.1, 0.15) is 0 Å². The fraction of sp³-hybridized carbons (Fsp3) is 0.500. The van der Waals surface area contributed by atoms with Gasteiger partial charge in [0, 0.05) is 17.6 Å². The van der Waals surface area contributed by atoms with E-state index in [1.807, 2.05) is 19.1 Å². The number of esters is 1. The molecule has 29 heavy (non-hydrogen) atoms. The lowest BCUT2D eigenvalue weighted by Gasteiger charge is -2.30. The molecule has 0 unspecified atom stereocenters. The summed E-state index contributed by atoms with van der Waals surface area (Å²) in [4.78, 5) is 36.8. The van der Waals surface area contributed by atoms with Gasteiger partial charge in [-0.3, -0.25) is 9.59 Å². The number of aryl methyl sites for hydroxylation is 1. The molecule has 7 nitrogen and oxygen atoms in total. The normalized spacial score (nSPS) is 15.0. The van der Waals surface area contributed by atoms with Crippen molar-refractivity contribution >= 4 is 39.6 Å². The Balaban J connectivity index is 1.72. The minimum absolute atomic E-state index is 0.0684. The second kappa shape index (κ2) is 9.95. The summed E-state index contributed by atoms with van der Waals surface area (Å²) < 4.78 is 46.2. The maximum absolute atomic E-state index is 12.1. The van der Waals surface area contributed by atoms with Gasteiger partial charge in [-0.1, -0.05) is 6.07 Å². The lowest BCUT2D eigenvalue weighted by molar-refractivity contribution is -0.163. The van der Waals surface area contributed by atoms with Gasteiger partial charge in [0.15, 0.2) is 13.2 Å². The van der Waals surface area contributed by atoms with Crippen LogP contribution >= 0.6 is 15.9 Å². The van der Waals surface area contributed by atoms with Crippen LogP contribution in [0.25, 0.3) is 0 Å². The average Bonchev–Trinajstić information content (AvgIpc) is 2.66. The summed E-state index contributed by atoms with van der Waals surface area (Å²) in [5.41, 5.74) is 1.55. The van der Waals surface area contributed by atoms with E-state index in [1.54, 1.807) is 6.07 Å². The molecule has 1 fully saturated rings. The molecule has 0 saturated carbocycles. The fourth-order valence-corrected chi connectivity index (χ4v) is 3.29. The van der Waals surface area contributed by atoms with Crippen molar-refractivity contribution in [2.75, 3.05) is 31.6 Å². The Bertz CT molecular complexity index is 764. The van der Waals surface area contributed by atoms with E-state index >= 15 is 0 Å². The molecule has 1 aliphatic rings. The van der Waals surface area contributed by atoms with Crippen LogP contribution in [-0.4, -0.2) is 55.3 Å². The van der Waals surface area contributed by atoms with Crippen LogP contribution in [0.1, 0.15) is 18.4 Å². The van der Waals surface area contributed by atoms with Gasteiger partial charge in [-0.25, -0.2) is 4.79 Å². The number of carbonyl (C=O) groups is 3. The minimum Gasteiger partial charge on any atom is -0.455 e. The standard InChI is InChI=1S/C18H20BrF3N2O5/c1-11-2-3-14(13(19)8-11)23-15(25)9-28-16(26)12-4-6-24(7-5-12)17(27)29-10-18(20,21)22/h2-3,8,12H,4-7,9-10H2,1H3,(H,23,25). The maximum Gasteiger partial charge on any atom is 0.422 e. The van der Waals surface area contributed by atoms with E-state index in [4.69, 9.17) is 4.74 Å². The van der Waals surface area contributed by atoms with Crippen LogP contribution in [0.5, 0.6) is 0 Å². The van der Waals surface area contributed by atoms with Crippen LogP contribution in [0.2, 0.25) is 0 Å². The van der Waals surface area contributed by atoms with Crippen molar-refractivity contribution in [2.45, 2.75) is 25.9 Å². The first-order chi connectivity index (χ1) is 13.5. The van der Waals surface area contributed by atoms with Crippen molar-refractivity contribution in [1.29, 1.82) is 0 Å². The zero-order valence-corrected chi connectivity index (χ0v) is 17.1. The summed E-state index contributed by atoms with van der Waals surface area (Å²) in [6, 6.07) is 5.36. The Morgan fingerprint density at radius 1 is 1.21 bits per heavy atom. The number of anilines is 1. The molecule has 1 aliphatic heterocycles. The highest BCUT2D eigenvalue weighted by molar-refractivity contribution is 9.10. The van der Waals surface area contributed by atoms with E-state index in [9.17, 15) is 27.6 Å². The first-order valence-corrected chi connectivity index (χ1v) is 9.55. The lowest BCUT2D eigenvalue weighted by Crippen LogP contribution is -2.42. The van der Waals surface area contributed by atoms with Gasteiger partial charge < -0.3 is 19.7 Å². The molecule has 0 radical (unpaired) electrons. The number of halogens is 4. The third-order valence-electron chi connectivity index (χ3n) is 4.19. The highest BCUT2D eigenvalue weighted by atomic mass is 79.9. The number of alkyl halides is 3. The lowest BCUT2D eigenvalue weighted by atomic mass is 9.97. The van der Waals surface area contributed by atoms with Gasteiger partial charge in [0.2, 0.25) is 0 Å². The second-order valence-electron chi connectivity index (χ2n) is 6.57. The first kappa shape index (κ1) is 23.0. The summed E-state index contributed by atoms with van der Waals surface area (Å²) in [7, 11) is 0. The second-order valence-corrected chi connectivity index (χ2v) is 7.42. The molecule has 1 heterocycles. The number of hydrogen-bond acceptors (Lipinski definition) is 5. The van der Waals surface area contributed by atoms with Crippen LogP contribution in [0, 0.1) is 12.8 Å². The van der Waals surface area contributed by atoms with Gasteiger partial charge >= 0.3 is 18.2 Å². The topological polar surface area (TPSA) is 84.9 Å². The zero-order chi connectivity index (χ0) is 21.6. The van der Waals surface area contributed by atoms with Crippen molar-refractivity contribution < 1.29 is 37.0 Å². The molecule has 160 valence electrons. The van der Waals surface area contributed by atoms with Gasteiger partial charge in [0.25, 0.3) is 5.91 Å². The van der Waals surface area contributed by atoms with E-state index in [0.717, 1.165) is 10.5 Å². The number of benzene rings is 1. The quantitative estimate of drug-likeness (QED) is 0.650. The van der Waals surface area contributed by atoms with Crippen molar-refractivity contribution in [1.82, 2.24) is 4.90 Å². The fourth-order valence-electron chi connectivity index (χ4n) is 2.69. The van der Waals surface area contributed by atoms with Crippen LogP contribution in [0.15, 0.2) is 22.7 Å². The van der Waals surface area contributed by atoms with Crippen LogP contribution < -0.4 is 5.32 Å². The largest absolute Gasteiger partial charge is 0.455 e. The smallest absolute Gasteiger partial charge is 0.422 e. The molecule has 1 aromatic carbocycles. The molecular formula is C18H20BrF3N2O5. The van der Waals surface area contributed by atoms with Crippen molar-refractivity contribution in [3.05, 3.63) is 28.2 Å². The van der Waals surface area contributed by atoms with Crippen LogP contribution in [0.4, 0.5) is 23.7 Å². The zero-order valence-electron chi connectivity index (χ0n) is 15.6. The Hall–Kier alpha value is -2.30. The summed E-state index contributed by atoms with van der Waals surface area (Å²) in [6.45, 7) is -0.0790. The molecule has 0 aromatic heterocycles. The summed E-state index contributed by atoms with van der Waals surface area (Å²) >= 11 is 3.33. The number of hydrogen-bond donors (Lipinski definition) is 1. The molecule has 11 heteroatoms. The van der Waals surface area contributed by atoms with Gasteiger partial charge in [0.05, 0.1) is 11.6 Å². The number of likely N-dealkylation sites (tertiary alicyclic amines) is 1. The molecule has 1 saturated heterocycles. The monoisotopic (exact) mass is 480 g/mol. The van der Waals surface area contributed by atoms with Crippen molar-refractivity contribution in [3.63, 3.8) is 0 Å². The van der Waals surface area contributed by atoms with Gasteiger partial charge in [-0.15, -0.1) is 0 Å². The minimum atomic E-state index is -4.59. The number of carbonyl (C=O) groups excluding carboxylic acids is 3. The SMILES string of the molecule is Cc1ccc(NC(=O)COC(=O)C2CCN(C(=O)OCC(F)(F)F)CC2)c(Br)c1. The number of amides is 2.